The molecule has 4 nitrogen and oxygen atoms in total. The number of nitrogens with zero attached hydrogens (tertiary/aromatic N) is 1. The van der Waals surface area contributed by atoms with Crippen LogP contribution < -0.4 is 5.32 Å². The van der Waals surface area contributed by atoms with Crippen molar-refractivity contribution in [1.29, 1.82) is 0 Å². The van der Waals surface area contributed by atoms with Gasteiger partial charge in [0.15, 0.2) is 0 Å². The zero-order chi connectivity index (χ0) is 26.9. The molecule has 1 N–H and O–H groups in total. The maximum atomic E-state index is 13.7. The Balaban J connectivity index is 1.56. The number of benzene rings is 3. The Labute approximate surface area is 237 Å². The van der Waals surface area contributed by atoms with E-state index in [-0.39, 0.29) is 36.0 Å². The average Bonchev–Trinajstić information content (AvgIpc) is 3.42. The highest BCUT2D eigenvalue weighted by molar-refractivity contribution is 7.99. The van der Waals surface area contributed by atoms with Gasteiger partial charge in [-0.2, -0.15) is 0 Å². The van der Waals surface area contributed by atoms with Crippen LogP contribution in [0.1, 0.15) is 42.4 Å². The van der Waals surface area contributed by atoms with Crippen molar-refractivity contribution in [2.75, 3.05) is 5.75 Å². The van der Waals surface area contributed by atoms with Crippen LogP contribution in [-0.4, -0.2) is 34.6 Å². The number of amides is 2. The normalized spacial score (nSPS) is 14.3. The molecule has 0 unspecified atom stereocenters. The summed E-state index contributed by atoms with van der Waals surface area (Å²) in [5.74, 6) is 0.0436. The van der Waals surface area contributed by atoms with E-state index >= 15 is 0 Å². The van der Waals surface area contributed by atoms with Gasteiger partial charge in [-0.15, -0.1) is 11.8 Å². The summed E-state index contributed by atoms with van der Waals surface area (Å²) in [5, 5.41) is 4.31. The van der Waals surface area contributed by atoms with Crippen molar-refractivity contribution in [3.8, 4) is 0 Å². The van der Waals surface area contributed by atoms with E-state index in [9.17, 15) is 14.0 Å². The van der Waals surface area contributed by atoms with Crippen LogP contribution in [0.25, 0.3) is 0 Å². The monoisotopic (exact) mass is 572 g/mol. The first kappa shape index (κ1) is 28.5. The number of thioether (sulfide) groups is 1. The molecule has 0 heterocycles. The molecule has 0 bridgehead atoms. The second kappa shape index (κ2) is 14.0. The maximum absolute atomic E-state index is 13.7. The number of hydrogen-bond acceptors (Lipinski definition) is 3. The van der Waals surface area contributed by atoms with Crippen molar-refractivity contribution in [3.63, 3.8) is 0 Å². The molecule has 1 atom stereocenters. The minimum absolute atomic E-state index is 0.130. The summed E-state index contributed by atoms with van der Waals surface area (Å²) >= 11 is 13.8. The molecule has 4 rings (SSSR count). The molecule has 1 aliphatic rings. The van der Waals surface area contributed by atoms with E-state index in [1.807, 2.05) is 36.4 Å². The van der Waals surface area contributed by atoms with Gasteiger partial charge in [0.1, 0.15) is 11.9 Å². The van der Waals surface area contributed by atoms with E-state index in [0.29, 0.717) is 22.2 Å². The van der Waals surface area contributed by atoms with Crippen molar-refractivity contribution in [3.05, 3.63) is 105 Å². The van der Waals surface area contributed by atoms with Gasteiger partial charge in [0, 0.05) is 34.8 Å². The lowest BCUT2D eigenvalue weighted by atomic mass is 10.0. The van der Waals surface area contributed by atoms with E-state index in [1.165, 1.54) is 23.9 Å². The molecule has 2 amide bonds. The van der Waals surface area contributed by atoms with Crippen LogP contribution in [0.15, 0.2) is 72.8 Å². The van der Waals surface area contributed by atoms with Gasteiger partial charge in [0.05, 0.1) is 5.75 Å². The average molecular weight is 574 g/mol. The Kier molecular flexibility index (Phi) is 10.5. The summed E-state index contributed by atoms with van der Waals surface area (Å²) < 4.78 is 13.6. The molecule has 8 heteroatoms. The molecular weight excluding hydrogens is 542 g/mol. The van der Waals surface area contributed by atoms with Gasteiger partial charge in [-0.1, -0.05) is 84.6 Å². The third-order valence-corrected chi connectivity index (χ3v) is 8.29. The minimum atomic E-state index is -0.699. The highest BCUT2D eigenvalue weighted by atomic mass is 35.5. The second-order valence-corrected chi connectivity index (χ2v) is 11.4. The molecule has 0 saturated heterocycles. The minimum Gasteiger partial charge on any atom is -0.352 e. The van der Waals surface area contributed by atoms with Crippen LogP contribution >= 0.6 is 35.0 Å². The zero-order valence-electron chi connectivity index (χ0n) is 21.0. The fourth-order valence-corrected chi connectivity index (χ4v) is 6.15. The first-order chi connectivity index (χ1) is 18.4. The third kappa shape index (κ3) is 8.23. The maximum Gasteiger partial charge on any atom is 0.243 e. The Morgan fingerprint density at radius 3 is 2.37 bits per heavy atom. The Hall–Kier alpha value is -2.54. The van der Waals surface area contributed by atoms with Crippen molar-refractivity contribution < 1.29 is 14.0 Å². The lowest BCUT2D eigenvalue weighted by Crippen LogP contribution is -2.52. The summed E-state index contributed by atoms with van der Waals surface area (Å²) in [4.78, 5) is 29.0. The van der Waals surface area contributed by atoms with Gasteiger partial charge in [-0.05, 0) is 53.8 Å². The fourth-order valence-electron chi connectivity index (χ4n) is 4.68. The predicted molar refractivity (Wildman–Crippen MR) is 154 cm³/mol. The molecule has 38 heavy (non-hydrogen) atoms. The van der Waals surface area contributed by atoms with Gasteiger partial charge in [-0.3, -0.25) is 9.59 Å². The molecule has 1 fully saturated rings. The standard InChI is InChI=1S/C30H31Cl2FN2O2S/c31-24-13-12-23(27(32)17-24)19-38-20-29(36)35(18-22-10-14-25(33)15-11-22)28(16-21-6-2-1-3-7-21)30(37)34-26-8-4-5-9-26/h1-3,6-7,10-15,17,26,28H,4-5,8-9,16,18-20H2,(H,34,37)/t28-/m0/s1. The molecule has 0 aromatic heterocycles. The summed E-state index contributed by atoms with van der Waals surface area (Å²) in [6, 6.07) is 20.5. The van der Waals surface area contributed by atoms with Gasteiger partial charge >= 0.3 is 0 Å². The molecule has 1 aliphatic carbocycles. The number of rotatable bonds is 11. The summed E-state index contributed by atoms with van der Waals surface area (Å²) in [5.41, 5.74) is 2.62. The molecule has 0 radical (unpaired) electrons. The van der Waals surface area contributed by atoms with Gasteiger partial charge in [0.25, 0.3) is 0 Å². The van der Waals surface area contributed by atoms with E-state index in [2.05, 4.69) is 5.32 Å². The van der Waals surface area contributed by atoms with Crippen molar-refractivity contribution >= 4 is 46.8 Å². The lowest BCUT2D eigenvalue weighted by molar-refractivity contribution is -0.139. The first-order valence-corrected chi connectivity index (χ1v) is 14.7. The Morgan fingerprint density at radius 1 is 0.974 bits per heavy atom. The SMILES string of the molecule is O=C(NC1CCCC1)[C@H](Cc1ccccc1)N(Cc1ccc(F)cc1)C(=O)CSCc1ccc(Cl)cc1Cl. The van der Waals surface area contributed by atoms with Crippen LogP contribution in [0.4, 0.5) is 4.39 Å². The number of nitrogens with one attached hydrogen (secondary N) is 1. The van der Waals surface area contributed by atoms with Crippen molar-refractivity contribution in [2.45, 2.75) is 56.5 Å². The van der Waals surface area contributed by atoms with E-state index < -0.39 is 6.04 Å². The largest absolute Gasteiger partial charge is 0.352 e. The highest BCUT2D eigenvalue weighted by Gasteiger charge is 2.32. The molecule has 0 spiro atoms. The zero-order valence-corrected chi connectivity index (χ0v) is 23.4. The van der Waals surface area contributed by atoms with E-state index in [4.69, 9.17) is 23.2 Å². The van der Waals surface area contributed by atoms with Crippen molar-refractivity contribution in [1.82, 2.24) is 10.2 Å². The van der Waals surface area contributed by atoms with Gasteiger partial charge in [0.2, 0.25) is 11.8 Å². The fraction of sp³-hybridized carbons (Fsp3) is 0.333. The smallest absolute Gasteiger partial charge is 0.243 e. The first-order valence-electron chi connectivity index (χ1n) is 12.8. The number of carbonyl (C=O) groups is 2. The summed E-state index contributed by atoms with van der Waals surface area (Å²) in [6.45, 7) is 0.205. The number of hydrogen-bond donors (Lipinski definition) is 1. The Bertz CT molecular complexity index is 1220. The number of halogens is 3. The lowest BCUT2D eigenvalue weighted by Gasteiger charge is -2.32. The predicted octanol–water partition coefficient (Wildman–Crippen LogP) is 7.06. The molecule has 3 aromatic carbocycles. The molecule has 200 valence electrons. The molecule has 1 saturated carbocycles. The molecular formula is C30H31Cl2FN2O2S. The van der Waals surface area contributed by atoms with Crippen molar-refractivity contribution in [2.24, 2.45) is 0 Å². The van der Waals surface area contributed by atoms with Gasteiger partial charge < -0.3 is 10.2 Å². The van der Waals surface area contributed by atoms with Gasteiger partial charge in [-0.25, -0.2) is 4.39 Å². The van der Waals surface area contributed by atoms with Crippen LogP contribution in [-0.2, 0) is 28.3 Å². The highest BCUT2D eigenvalue weighted by Crippen LogP contribution is 2.26. The Morgan fingerprint density at radius 2 is 1.68 bits per heavy atom. The van der Waals surface area contributed by atoms with Crippen LogP contribution in [0, 0.1) is 5.82 Å². The summed E-state index contributed by atoms with van der Waals surface area (Å²) in [6.07, 6.45) is 4.48. The molecule has 0 aliphatic heterocycles. The quantitative estimate of drug-likeness (QED) is 0.267. The number of carbonyl (C=O) groups excluding carboxylic acids is 2. The second-order valence-electron chi connectivity index (χ2n) is 9.57. The van der Waals surface area contributed by atoms with Crippen LogP contribution in [0.2, 0.25) is 10.0 Å². The van der Waals surface area contributed by atoms with E-state index in [0.717, 1.165) is 42.4 Å². The van der Waals surface area contributed by atoms with Crippen LogP contribution in [0.3, 0.4) is 0 Å². The topological polar surface area (TPSA) is 49.4 Å². The molecule has 3 aromatic rings. The van der Waals surface area contributed by atoms with Crippen LogP contribution in [0.5, 0.6) is 0 Å². The third-order valence-electron chi connectivity index (χ3n) is 6.74. The summed E-state index contributed by atoms with van der Waals surface area (Å²) in [7, 11) is 0. The van der Waals surface area contributed by atoms with E-state index in [1.54, 1.807) is 29.2 Å².